The van der Waals surface area contributed by atoms with Crippen molar-refractivity contribution in [2.24, 2.45) is 0 Å². The number of ether oxygens (including phenoxy) is 1. The van der Waals surface area contributed by atoms with E-state index in [-0.39, 0.29) is 18.6 Å². The molecule has 184 valence electrons. The molecule has 1 aliphatic heterocycles. The van der Waals surface area contributed by atoms with Gasteiger partial charge in [0, 0.05) is 61.7 Å². The quantitative estimate of drug-likeness (QED) is 0.470. The average molecular weight is 494 g/mol. The van der Waals surface area contributed by atoms with E-state index in [0.717, 1.165) is 37.5 Å². The molecule has 1 aliphatic rings. The van der Waals surface area contributed by atoms with E-state index < -0.39 is 11.8 Å². The molecule has 35 heavy (non-hydrogen) atoms. The van der Waals surface area contributed by atoms with E-state index in [1.54, 1.807) is 36.9 Å². The first-order valence-corrected chi connectivity index (χ1v) is 12.6. The molecule has 4 rings (SSSR count). The van der Waals surface area contributed by atoms with Crippen LogP contribution in [0.15, 0.2) is 66.3 Å². The zero-order valence-electron chi connectivity index (χ0n) is 20.0. The summed E-state index contributed by atoms with van der Waals surface area (Å²) in [4.78, 5) is 35.0. The standard InChI is InChI=1S/C26H31N5O3S/c1-19(29-26(33)25(32)28-18-20-5-3-11-27-17-20)24(23-6-4-16-35-23)31-14-12-30(13-15-31)21-7-9-22(34-2)10-8-21/h3-11,16-17,19,24H,12-15,18H2,1-2H3,(H,28,32)(H,29,33)/t19-,24-/m0/s1. The van der Waals surface area contributed by atoms with Crippen molar-refractivity contribution >= 4 is 28.8 Å². The lowest BCUT2D eigenvalue weighted by molar-refractivity contribution is -0.140. The maximum absolute atomic E-state index is 12.6. The molecule has 9 heteroatoms. The molecule has 0 spiro atoms. The van der Waals surface area contributed by atoms with Gasteiger partial charge in [0.1, 0.15) is 5.75 Å². The average Bonchev–Trinajstić information content (AvgIpc) is 3.43. The molecule has 0 unspecified atom stereocenters. The summed E-state index contributed by atoms with van der Waals surface area (Å²) in [5, 5.41) is 7.65. The van der Waals surface area contributed by atoms with Gasteiger partial charge in [0.25, 0.3) is 0 Å². The largest absolute Gasteiger partial charge is 0.497 e. The first kappa shape index (κ1) is 24.7. The molecule has 1 aromatic carbocycles. The topological polar surface area (TPSA) is 86.8 Å². The number of benzene rings is 1. The highest BCUT2D eigenvalue weighted by atomic mass is 32.1. The molecule has 1 saturated heterocycles. The molecule has 3 aromatic rings. The minimum absolute atomic E-state index is 0.0110. The Kier molecular flexibility index (Phi) is 8.33. The molecule has 0 saturated carbocycles. The van der Waals surface area contributed by atoms with Crippen LogP contribution in [0.25, 0.3) is 0 Å². The summed E-state index contributed by atoms with van der Waals surface area (Å²) in [5.41, 5.74) is 2.01. The Morgan fingerprint density at radius 1 is 1.06 bits per heavy atom. The summed E-state index contributed by atoms with van der Waals surface area (Å²) in [6.45, 7) is 5.67. The molecule has 2 aromatic heterocycles. The van der Waals surface area contributed by atoms with Crippen LogP contribution in [-0.2, 0) is 16.1 Å². The fraction of sp³-hybridized carbons (Fsp3) is 0.346. The summed E-state index contributed by atoms with van der Waals surface area (Å²) >= 11 is 1.67. The van der Waals surface area contributed by atoms with E-state index in [0.29, 0.717) is 0 Å². The molecular formula is C26H31N5O3S. The Morgan fingerprint density at radius 3 is 2.46 bits per heavy atom. The third-order valence-electron chi connectivity index (χ3n) is 6.19. The third-order valence-corrected chi connectivity index (χ3v) is 7.14. The van der Waals surface area contributed by atoms with E-state index in [4.69, 9.17) is 4.74 Å². The van der Waals surface area contributed by atoms with E-state index in [1.807, 2.05) is 36.6 Å². The number of carbonyl (C=O) groups excluding carboxylic acids is 2. The Bertz CT molecular complexity index is 1080. The number of pyridine rings is 1. The van der Waals surface area contributed by atoms with Gasteiger partial charge in [-0.3, -0.25) is 19.5 Å². The number of nitrogens with zero attached hydrogens (tertiary/aromatic N) is 3. The number of hydrogen-bond acceptors (Lipinski definition) is 7. The number of amides is 2. The lowest BCUT2D eigenvalue weighted by atomic mass is 10.0. The van der Waals surface area contributed by atoms with E-state index in [1.165, 1.54) is 10.6 Å². The van der Waals surface area contributed by atoms with Gasteiger partial charge in [-0.25, -0.2) is 0 Å². The van der Waals surface area contributed by atoms with Crippen LogP contribution in [0.4, 0.5) is 5.69 Å². The highest BCUT2D eigenvalue weighted by Crippen LogP contribution is 2.30. The van der Waals surface area contributed by atoms with Crippen molar-refractivity contribution in [3.63, 3.8) is 0 Å². The lowest BCUT2D eigenvalue weighted by Gasteiger charge is -2.42. The van der Waals surface area contributed by atoms with Gasteiger partial charge in [0.05, 0.1) is 13.2 Å². The van der Waals surface area contributed by atoms with E-state index >= 15 is 0 Å². The minimum Gasteiger partial charge on any atom is -0.497 e. The van der Waals surface area contributed by atoms with Crippen LogP contribution in [0.2, 0.25) is 0 Å². The van der Waals surface area contributed by atoms with Gasteiger partial charge in [-0.1, -0.05) is 12.1 Å². The summed E-state index contributed by atoms with van der Waals surface area (Å²) in [6, 6.07) is 15.6. The van der Waals surface area contributed by atoms with Gasteiger partial charge in [0.15, 0.2) is 0 Å². The van der Waals surface area contributed by atoms with Crippen molar-refractivity contribution in [1.82, 2.24) is 20.5 Å². The summed E-state index contributed by atoms with van der Waals surface area (Å²) in [6.07, 6.45) is 3.33. The van der Waals surface area contributed by atoms with Crippen LogP contribution in [-0.4, -0.2) is 61.0 Å². The van der Waals surface area contributed by atoms with Crippen LogP contribution in [0, 0.1) is 0 Å². The highest BCUT2D eigenvalue weighted by molar-refractivity contribution is 7.10. The summed E-state index contributed by atoms with van der Waals surface area (Å²) in [5.74, 6) is -0.422. The van der Waals surface area contributed by atoms with Crippen LogP contribution < -0.4 is 20.3 Å². The van der Waals surface area contributed by atoms with E-state index in [9.17, 15) is 9.59 Å². The lowest BCUT2D eigenvalue weighted by Crippen LogP contribution is -2.53. The number of hydrogen-bond donors (Lipinski definition) is 2. The van der Waals surface area contributed by atoms with Crippen molar-refractivity contribution in [1.29, 1.82) is 0 Å². The summed E-state index contributed by atoms with van der Waals surface area (Å²) in [7, 11) is 1.67. The number of carbonyl (C=O) groups is 2. The van der Waals surface area contributed by atoms with Crippen molar-refractivity contribution in [2.75, 3.05) is 38.2 Å². The third kappa shape index (κ3) is 6.37. The Balaban J connectivity index is 1.36. The number of rotatable bonds is 8. The molecule has 8 nitrogen and oxygen atoms in total. The van der Waals surface area contributed by atoms with Crippen LogP contribution in [0.3, 0.4) is 0 Å². The number of thiophene rings is 1. The number of aromatic nitrogens is 1. The van der Waals surface area contributed by atoms with Crippen molar-refractivity contribution < 1.29 is 14.3 Å². The fourth-order valence-corrected chi connectivity index (χ4v) is 5.33. The van der Waals surface area contributed by atoms with Crippen molar-refractivity contribution in [2.45, 2.75) is 25.6 Å². The predicted octanol–water partition coefficient (Wildman–Crippen LogP) is 2.84. The molecule has 3 heterocycles. The molecule has 0 radical (unpaired) electrons. The van der Waals surface area contributed by atoms with Crippen molar-refractivity contribution in [3.05, 3.63) is 76.7 Å². The van der Waals surface area contributed by atoms with Gasteiger partial charge in [-0.05, 0) is 54.3 Å². The van der Waals surface area contributed by atoms with Gasteiger partial charge in [0.2, 0.25) is 0 Å². The number of methoxy groups -OCH3 is 1. The molecule has 2 atom stereocenters. The zero-order chi connectivity index (χ0) is 24.6. The Hall–Kier alpha value is -3.43. The molecule has 0 aliphatic carbocycles. The zero-order valence-corrected chi connectivity index (χ0v) is 20.8. The fourth-order valence-electron chi connectivity index (χ4n) is 4.37. The number of anilines is 1. The molecular weight excluding hydrogens is 462 g/mol. The summed E-state index contributed by atoms with van der Waals surface area (Å²) < 4.78 is 5.27. The normalized spacial score (nSPS) is 15.8. The molecule has 2 amide bonds. The maximum atomic E-state index is 12.6. The van der Waals surface area contributed by atoms with Crippen LogP contribution in [0.5, 0.6) is 5.75 Å². The van der Waals surface area contributed by atoms with Crippen molar-refractivity contribution in [3.8, 4) is 5.75 Å². The first-order chi connectivity index (χ1) is 17.0. The Labute approximate surface area is 209 Å². The maximum Gasteiger partial charge on any atom is 0.309 e. The number of piperazine rings is 1. The van der Waals surface area contributed by atoms with Gasteiger partial charge in [-0.2, -0.15) is 0 Å². The van der Waals surface area contributed by atoms with Crippen LogP contribution in [0.1, 0.15) is 23.4 Å². The smallest absolute Gasteiger partial charge is 0.309 e. The minimum atomic E-state index is -0.644. The van der Waals surface area contributed by atoms with Gasteiger partial charge < -0.3 is 20.3 Å². The monoisotopic (exact) mass is 493 g/mol. The SMILES string of the molecule is COc1ccc(N2CCN([C@H](c3cccs3)[C@H](C)NC(=O)C(=O)NCc3cccnc3)CC2)cc1. The predicted molar refractivity (Wildman–Crippen MR) is 138 cm³/mol. The Morgan fingerprint density at radius 2 is 1.83 bits per heavy atom. The van der Waals surface area contributed by atoms with Gasteiger partial charge in [-0.15, -0.1) is 11.3 Å². The first-order valence-electron chi connectivity index (χ1n) is 11.7. The van der Waals surface area contributed by atoms with Crippen LogP contribution >= 0.6 is 11.3 Å². The molecule has 0 bridgehead atoms. The molecule has 2 N–H and O–H groups in total. The van der Waals surface area contributed by atoms with Gasteiger partial charge >= 0.3 is 11.8 Å². The van der Waals surface area contributed by atoms with E-state index in [2.05, 4.69) is 43.6 Å². The number of nitrogens with one attached hydrogen (secondary N) is 2. The second-order valence-corrected chi connectivity index (χ2v) is 9.47. The second-order valence-electron chi connectivity index (χ2n) is 8.49. The highest BCUT2D eigenvalue weighted by Gasteiger charge is 2.32. The second kappa shape index (κ2) is 11.8. The molecule has 1 fully saturated rings.